The third-order valence-electron chi connectivity index (χ3n) is 3.39. The minimum atomic E-state index is 0.339. The molecule has 1 saturated heterocycles. The second kappa shape index (κ2) is 7.87. The molecule has 1 aromatic carbocycles. The SMILES string of the molecule is CN=C(N)NCc1ccc(COC2CCOCC2)cc1. The van der Waals surface area contributed by atoms with Gasteiger partial charge in [0.05, 0.1) is 12.7 Å². The number of rotatable bonds is 5. The molecule has 1 aliphatic rings. The van der Waals surface area contributed by atoms with Crippen molar-refractivity contribution in [2.75, 3.05) is 20.3 Å². The van der Waals surface area contributed by atoms with Gasteiger partial charge >= 0.3 is 0 Å². The summed E-state index contributed by atoms with van der Waals surface area (Å²) in [6.07, 6.45) is 2.33. The maximum Gasteiger partial charge on any atom is 0.188 e. The van der Waals surface area contributed by atoms with E-state index in [0.717, 1.165) is 26.1 Å². The molecule has 2 rings (SSSR count). The number of ether oxygens (including phenoxy) is 2. The van der Waals surface area contributed by atoms with E-state index in [-0.39, 0.29) is 0 Å². The van der Waals surface area contributed by atoms with E-state index in [4.69, 9.17) is 15.2 Å². The zero-order valence-corrected chi connectivity index (χ0v) is 12.0. The highest BCUT2D eigenvalue weighted by Crippen LogP contribution is 2.13. The fourth-order valence-corrected chi connectivity index (χ4v) is 2.08. The monoisotopic (exact) mass is 277 g/mol. The summed E-state index contributed by atoms with van der Waals surface area (Å²) >= 11 is 0. The van der Waals surface area contributed by atoms with Crippen molar-refractivity contribution in [2.45, 2.75) is 32.1 Å². The lowest BCUT2D eigenvalue weighted by Gasteiger charge is -2.22. The van der Waals surface area contributed by atoms with Crippen molar-refractivity contribution >= 4 is 5.96 Å². The van der Waals surface area contributed by atoms with Crippen molar-refractivity contribution in [2.24, 2.45) is 10.7 Å². The van der Waals surface area contributed by atoms with Crippen LogP contribution in [0.15, 0.2) is 29.3 Å². The predicted octanol–water partition coefficient (Wildman–Crippen LogP) is 1.42. The lowest BCUT2D eigenvalue weighted by Crippen LogP contribution is -2.30. The van der Waals surface area contributed by atoms with E-state index in [0.29, 0.717) is 25.2 Å². The van der Waals surface area contributed by atoms with Crippen LogP contribution in [0.1, 0.15) is 24.0 Å². The summed E-state index contributed by atoms with van der Waals surface area (Å²) in [5, 5.41) is 3.03. The van der Waals surface area contributed by atoms with Gasteiger partial charge in [-0.05, 0) is 24.0 Å². The van der Waals surface area contributed by atoms with Gasteiger partial charge in [0, 0.05) is 26.8 Å². The molecule has 1 aromatic rings. The Balaban J connectivity index is 1.76. The van der Waals surface area contributed by atoms with Gasteiger partial charge < -0.3 is 20.5 Å². The van der Waals surface area contributed by atoms with Crippen LogP contribution in [0, 0.1) is 0 Å². The van der Waals surface area contributed by atoms with E-state index in [9.17, 15) is 0 Å². The molecule has 5 nitrogen and oxygen atoms in total. The minimum absolute atomic E-state index is 0.339. The van der Waals surface area contributed by atoms with E-state index >= 15 is 0 Å². The fraction of sp³-hybridized carbons (Fsp3) is 0.533. The summed E-state index contributed by atoms with van der Waals surface area (Å²) in [6, 6.07) is 8.35. The Bertz CT molecular complexity index is 425. The van der Waals surface area contributed by atoms with Crippen molar-refractivity contribution in [1.29, 1.82) is 0 Å². The van der Waals surface area contributed by atoms with Crippen LogP contribution in [0.3, 0.4) is 0 Å². The second-order valence-corrected chi connectivity index (χ2v) is 4.90. The Morgan fingerprint density at radius 2 is 1.95 bits per heavy atom. The summed E-state index contributed by atoms with van der Waals surface area (Å²) in [4.78, 5) is 3.86. The molecule has 0 saturated carbocycles. The molecule has 1 fully saturated rings. The fourth-order valence-electron chi connectivity index (χ4n) is 2.08. The van der Waals surface area contributed by atoms with Gasteiger partial charge in [-0.3, -0.25) is 4.99 Å². The standard InChI is InChI=1S/C15H23N3O2/c1-17-15(16)18-10-12-2-4-13(5-3-12)11-20-14-6-8-19-9-7-14/h2-5,14H,6-11H2,1H3,(H3,16,17,18). The van der Waals surface area contributed by atoms with Gasteiger partial charge in [0.1, 0.15) is 0 Å². The highest BCUT2D eigenvalue weighted by Gasteiger charge is 2.13. The van der Waals surface area contributed by atoms with Crippen molar-refractivity contribution in [3.8, 4) is 0 Å². The molecule has 0 amide bonds. The Morgan fingerprint density at radius 1 is 1.30 bits per heavy atom. The van der Waals surface area contributed by atoms with Gasteiger partial charge in [0.2, 0.25) is 0 Å². The number of benzene rings is 1. The van der Waals surface area contributed by atoms with Crippen molar-refractivity contribution < 1.29 is 9.47 Å². The van der Waals surface area contributed by atoms with Gasteiger partial charge in [0.15, 0.2) is 5.96 Å². The largest absolute Gasteiger partial charge is 0.381 e. The number of nitrogens with one attached hydrogen (secondary N) is 1. The van der Waals surface area contributed by atoms with Crippen LogP contribution in [0.5, 0.6) is 0 Å². The Hall–Kier alpha value is -1.59. The van der Waals surface area contributed by atoms with Gasteiger partial charge in [-0.15, -0.1) is 0 Å². The van der Waals surface area contributed by atoms with Gasteiger partial charge in [-0.1, -0.05) is 24.3 Å². The number of nitrogens with zero attached hydrogens (tertiary/aromatic N) is 1. The summed E-state index contributed by atoms with van der Waals surface area (Å²) in [7, 11) is 1.67. The molecule has 0 radical (unpaired) electrons. The molecular formula is C15H23N3O2. The molecule has 0 aromatic heterocycles. The zero-order chi connectivity index (χ0) is 14.2. The van der Waals surface area contributed by atoms with E-state index in [1.165, 1.54) is 11.1 Å². The third kappa shape index (κ3) is 4.83. The lowest BCUT2D eigenvalue weighted by molar-refractivity contribution is -0.0390. The molecule has 0 unspecified atom stereocenters. The normalized spacial score (nSPS) is 17.1. The molecule has 110 valence electrons. The molecule has 20 heavy (non-hydrogen) atoms. The first kappa shape index (κ1) is 14.8. The molecule has 3 N–H and O–H groups in total. The second-order valence-electron chi connectivity index (χ2n) is 4.90. The molecule has 1 heterocycles. The topological polar surface area (TPSA) is 68.9 Å². The zero-order valence-electron chi connectivity index (χ0n) is 12.0. The average molecular weight is 277 g/mol. The highest BCUT2D eigenvalue weighted by atomic mass is 16.5. The van der Waals surface area contributed by atoms with Gasteiger partial charge in [0.25, 0.3) is 0 Å². The van der Waals surface area contributed by atoms with Crippen LogP contribution in [0.2, 0.25) is 0 Å². The van der Waals surface area contributed by atoms with E-state index in [1.54, 1.807) is 7.05 Å². The highest BCUT2D eigenvalue weighted by molar-refractivity contribution is 5.77. The van der Waals surface area contributed by atoms with Gasteiger partial charge in [-0.2, -0.15) is 0 Å². The average Bonchev–Trinajstić information content (AvgIpc) is 2.52. The van der Waals surface area contributed by atoms with Crippen LogP contribution in [-0.2, 0) is 22.6 Å². The van der Waals surface area contributed by atoms with Crippen LogP contribution in [-0.4, -0.2) is 32.3 Å². The van der Waals surface area contributed by atoms with E-state index < -0.39 is 0 Å². The first-order valence-corrected chi connectivity index (χ1v) is 7.01. The maximum absolute atomic E-state index is 5.89. The van der Waals surface area contributed by atoms with Gasteiger partial charge in [-0.25, -0.2) is 0 Å². The molecule has 0 aliphatic carbocycles. The van der Waals surface area contributed by atoms with Crippen LogP contribution >= 0.6 is 0 Å². The molecule has 1 aliphatic heterocycles. The maximum atomic E-state index is 5.89. The molecular weight excluding hydrogens is 254 g/mol. The van der Waals surface area contributed by atoms with E-state index in [1.807, 2.05) is 0 Å². The Morgan fingerprint density at radius 3 is 2.60 bits per heavy atom. The Kier molecular flexibility index (Phi) is 5.83. The first-order valence-electron chi connectivity index (χ1n) is 7.01. The number of nitrogens with two attached hydrogens (primary N) is 1. The van der Waals surface area contributed by atoms with Crippen molar-refractivity contribution in [3.63, 3.8) is 0 Å². The number of hydrogen-bond acceptors (Lipinski definition) is 3. The quantitative estimate of drug-likeness (QED) is 0.631. The molecule has 0 atom stereocenters. The predicted molar refractivity (Wildman–Crippen MR) is 79.5 cm³/mol. The molecule has 0 spiro atoms. The number of hydrogen-bond donors (Lipinski definition) is 2. The summed E-state index contributed by atoms with van der Waals surface area (Å²) in [5.41, 5.74) is 7.95. The molecule has 5 heteroatoms. The van der Waals surface area contributed by atoms with Crippen LogP contribution in [0.4, 0.5) is 0 Å². The number of aliphatic imine (C=N–C) groups is 1. The first-order chi connectivity index (χ1) is 9.78. The summed E-state index contributed by atoms with van der Waals surface area (Å²) < 4.78 is 11.2. The smallest absolute Gasteiger partial charge is 0.188 e. The number of guanidine groups is 1. The minimum Gasteiger partial charge on any atom is -0.381 e. The third-order valence-corrected chi connectivity index (χ3v) is 3.39. The summed E-state index contributed by atoms with van der Waals surface area (Å²) in [6.45, 7) is 2.98. The lowest BCUT2D eigenvalue weighted by atomic mass is 10.1. The molecule has 0 bridgehead atoms. The van der Waals surface area contributed by atoms with Crippen molar-refractivity contribution in [1.82, 2.24) is 5.32 Å². The van der Waals surface area contributed by atoms with Crippen molar-refractivity contribution in [3.05, 3.63) is 35.4 Å². The summed E-state index contributed by atoms with van der Waals surface area (Å²) in [5.74, 6) is 0.455. The van der Waals surface area contributed by atoms with E-state index in [2.05, 4.69) is 34.6 Å². The Labute approximate surface area is 120 Å². The van der Waals surface area contributed by atoms with Crippen LogP contribution in [0.25, 0.3) is 0 Å². The van der Waals surface area contributed by atoms with Crippen LogP contribution < -0.4 is 11.1 Å².